The zero-order chi connectivity index (χ0) is 14.4. The number of hydrogen-bond acceptors (Lipinski definition) is 4. The van der Waals surface area contributed by atoms with Crippen molar-refractivity contribution >= 4 is 17.4 Å². The van der Waals surface area contributed by atoms with E-state index in [-0.39, 0.29) is 18.0 Å². The van der Waals surface area contributed by atoms with E-state index in [4.69, 9.17) is 4.74 Å². The molecule has 2 rings (SSSR count). The highest BCUT2D eigenvalue weighted by atomic mass is 32.1. The molecule has 1 aromatic heterocycles. The molecule has 0 aromatic carbocycles. The van der Waals surface area contributed by atoms with E-state index in [1.807, 2.05) is 16.8 Å². The van der Waals surface area contributed by atoms with Gasteiger partial charge in [-0.2, -0.15) is 11.3 Å². The molecule has 1 saturated carbocycles. The molecular weight excluding hydrogens is 276 g/mol. The molecule has 5 nitrogen and oxygen atoms in total. The van der Waals surface area contributed by atoms with Crippen LogP contribution in [0.5, 0.6) is 0 Å². The lowest BCUT2D eigenvalue weighted by Crippen LogP contribution is -2.40. The molecule has 6 heteroatoms. The molecule has 1 aliphatic rings. The molecule has 112 valence electrons. The summed E-state index contributed by atoms with van der Waals surface area (Å²) in [6, 6.07) is 1.64. The fraction of sp³-hybridized carbons (Fsp3) is 0.643. The van der Waals surface area contributed by atoms with Gasteiger partial charge in [0.15, 0.2) is 0 Å². The van der Waals surface area contributed by atoms with E-state index < -0.39 is 6.10 Å². The third-order valence-corrected chi connectivity index (χ3v) is 4.50. The van der Waals surface area contributed by atoms with Gasteiger partial charge in [-0.3, -0.25) is 0 Å². The minimum absolute atomic E-state index is 0.219. The van der Waals surface area contributed by atoms with Crippen LogP contribution in [0.1, 0.15) is 30.9 Å². The maximum absolute atomic E-state index is 11.7. The Hall–Kier alpha value is -1.11. The van der Waals surface area contributed by atoms with Gasteiger partial charge in [-0.25, -0.2) is 4.79 Å². The molecule has 1 fully saturated rings. The molecule has 20 heavy (non-hydrogen) atoms. The molecule has 2 amide bonds. The standard InChI is InChI=1S/C14H22N2O3S/c1-19-6-5-14(3-4-14)10-16-13(18)15-8-12(17)11-2-7-20-9-11/h2,7,9,12,17H,3-6,8,10H2,1H3,(H2,15,16,18). The molecule has 1 atom stereocenters. The average molecular weight is 298 g/mol. The Morgan fingerprint density at radius 1 is 1.55 bits per heavy atom. The normalized spacial score (nSPS) is 17.5. The molecule has 3 N–H and O–H groups in total. The number of urea groups is 1. The van der Waals surface area contributed by atoms with E-state index in [1.165, 1.54) is 11.3 Å². The average Bonchev–Trinajstić information content (AvgIpc) is 3.00. The van der Waals surface area contributed by atoms with Crippen molar-refractivity contribution in [1.82, 2.24) is 10.6 Å². The van der Waals surface area contributed by atoms with Crippen molar-refractivity contribution in [2.24, 2.45) is 5.41 Å². The smallest absolute Gasteiger partial charge is 0.314 e. The number of rotatable bonds is 8. The van der Waals surface area contributed by atoms with Gasteiger partial charge in [0.2, 0.25) is 0 Å². The van der Waals surface area contributed by atoms with Crippen molar-refractivity contribution in [1.29, 1.82) is 0 Å². The minimum Gasteiger partial charge on any atom is -0.387 e. The fourth-order valence-corrected chi connectivity index (χ4v) is 2.82. The number of amides is 2. The van der Waals surface area contributed by atoms with Gasteiger partial charge in [-0.15, -0.1) is 0 Å². The zero-order valence-electron chi connectivity index (χ0n) is 11.7. The van der Waals surface area contributed by atoms with Gasteiger partial charge in [0.1, 0.15) is 0 Å². The minimum atomic E-state index is -0.643. The van der Waals surface area contributed by atoms with Crippen LogP contribution in [0.15, 0.2) is 16.8 Å². The highest BCUT2D eigenvalue weighted by Gasteiger charge is 2.42. The fourth-order valence-electron chi connectivity index (χ4n) is 2.11. The summed E-state index contributed by atoms with van der Waals surface area (Å²) >= 11 is 1.53. The van der Waals surface area contributed by atoms with Crippen molar-refractivity contribution in [3.63, 3.8) is 0 Å². The maximum atomic E-state index is 11.7. The molecule has 0 spiro atoms. The lowest BCUT2D eigenvalue weighted by atomic mass is 10.0. The highest BCUT2D eigenvalue weighted by molar-refractivity contribution is 7.07. The van der Waals surface area contributed by atoms with Crippen LogP contribution in [0.2, 0.25) is 0 Å². The van der Waals surface area contributed by atoms with E-state index in [0.717, 1.165) is 31.4 Å². The van der Waals surface area contributed by atoms with E-state index in [0.29, 0.717) is 6.54 Å². The number of aliphatic hydroxyl groups is 1. The van der Waals surface area contributed by atoms with Crippen LogP contribution in [0.3, 0.4) is 0 Å². The summed E-state index contributed by atoms with van der Waals surface area (Å²) in [5.41, 5.74) is 1.08. The van der Waals surface area contributed by atoms with Crippen molar-refractivity contribution in [2.45, 2.75) is 25.4 Å². The highest BCUT2D eigenvalue weighted by Crippen LogP contribution is 2.48. The summed E-state index contributed by atoms with van der Waals surface area (Å²) < 4.78 is 5.08. The first-order valence-electron chi connectivity index (χ1n) is 6.86. The van der Waals surface area contributed by atoms with E-state index in [2.05, 4.69) is 10.6 Å². The topological polar surface area (TPSA) is 70.6 Å². The van der Waals surface area contributed by atoms with Gasteiger partial charge in [0.25, 0.3) is 0 Å². The number of carbonyl (C=O) groups excluding carboxylic acids is 1. The molecule has 0 saturated heterocycles. The molecular formula is C14H22N2O3S. The second kappa shape index (κ2) is 7.06. The third kappa shape index (κ3) is 4.47. The zero-order valence-corrected chi connectivity index (χ0v) is 12.5. The van der Waals surface area contributed by atoms with Crippen LogP contribution in [0.4, 0.5) is 4.79 Å². The second-order valence-electron chi connectivity index (χ2n) is 5.38. The van der Waals surface area contributed by atoms with Crippen molar-refractivity contribution < 1.29 is 14.6 Å². The number of nitrogens with one attached hydrogen (secondary N) is 2. The summed E-state index contributed by atoms with van der Waals surface area (Å²) in [5.74, 6) is 0. The first kappa shape index (κ1) is 15.3. The number of thiophene rings is 1. The predicted molar refractivity (Wildman–Crippen MR) is 78.8 cm³/mol. The molecule has 1 aliphatic carbocycles. The summed E-state index contributed by atoms with van der Waals surface area (Å²) in [7, 11) is 1.70. The van der Waals surface area contributed by atoms with Crippen molar-refractivity contribution in [2.75, 3.05) is 26.8 Å². The number of hydrogen-bond donors (Lipinski definition) is 3. The quantitative estimate of drug-likeness (QED) is 0.686. The van der Waals surface area contributed by atoms with Gasteiger partial charge in [-0.1, -0.05) is 0 Å². The third-order valence-electron chi connectivity index (χ3n) is 3.80. The largest absolute Gasteiger partial charge is 0.387 e. The van der Waals surface area contributed by atoms with Crippen molar-refractivity contribution in [3.05, 3.63) is 22.4 Å². The number of aliphatic hydroxyl groups excluding tert-OH is 1. The molecule has 0 radical (unpaired) electrons. The van der Waals surface area contributed by atoms with Crippen LogP contribution in [-0.4, -0.2) is 37.9 Å². The van der Waals surface area contributed by atoms with E-state index in [1.54, 1.807) is 7.11 Å². The van der Waals surface area contributed by atoms with E-state index in [9.17, 15) is 9.90 Å². The number of methoxy groups -OCH3 is 1. The summed E-state index contributed by atoms with van der Waals surface area (Å²) in [6.07, 6.45) is 2.64. The second-order valence-corrected chi connectivity index (χ2v) is 6.16. The number of ether oxygens (including phenoxy) is 1. The lowest BCUT2D eigenvalue weighted by Gasteiger charge is -2.16. The van der Waals surface area contributed by atoms with Crippen LogP contribution in [-0.2, 0) is 4.74 Å². The Kier molecular flexibility index (Phi) is 5.39. The Morgan fingerprint density at radius 3 is 2.95 bits per heavy atom. The first-order chi connectivity index (χ1) is 9.65. The van der Waals surface area contributed by atoms with Gasteiger partial charge >= 0.3 is 6.03 Å². The summed E-state index contributed by atoms with van der Waals surface area (Å²) in [4.78, 5) is 11.7. The van der Waals surface area contributed by atoms with E-state index >= 15 is 0 Å². The Bertz CT molecular complexity index is 418. The van der Waals surface area contributed by atoms with Crippen LogP contribution < -0.4 is 10.6 Å². The van der Waals surface area contributed by atoms with Gasteiger partial charge in [0, 0.05) is 26.8 Å². The van der Waals surface area contributed by atoms with Gasteiger partial charge in [0.05, 0.1) is 6.10 Å². The molecule has 1 heterocycles. The van der Waals surface area contributed by atoms with Gasteiger partial charge < -0.3 is 20.5 Å². The molecule has 0 bridgehead atoms. The summed E-state index contributed by atoms with van der Waals surface area (Å²) in [6.45, 7) is 1.64. The molecule has 1 aromatic rings. The van der Waals surface area contributed by atoms with Crippen molar-refractivity contribution in [3.8, 4) is 0 Å². The monoisotopic (exact) mass is 298 g/mol. The van der Waals surface area contributed by atoms with Crippen LogP contribution >= 0.6 is 11.3 Å². The Balaban J connectivity index is 1.63. The Labute approximate surface area is 123 Å². The lowest BCUT2D eigenvalue weighted by molar-refractivity contribution is 0.167. The predicted octanol–water partition coefficient (Wildman–Crippen LogP) is 1.90. The first-order valence-corrected chi connectivity index (χ1v) is 7.80. The molecule has 1 unspecified atom stereocenters. The Morgan fingerprint density at radius 2 is 2.35 bits per heavy atom. The molecule has 0 aliphatic heterocycles. The van der Waals surface area contributed by atoms with Crippen LogP contribution in [0, 0.1) is 5.41 Å². The maximum Gasteiger partial charge on any atom is 0.314 e. The SMILES string of the molecule is COCCC1(CNC(=O)NCC(O)c2ccsc2)CC1. The van der Waals surface area contributed by atoms with Crippen LogP contribution in [0.25, 0.3) is 0 Å². The summed E-state index contributed by atoms with van der Waals surface area (Å²) in [5, 5.41) is 19.2. The van der Waals surface area contributed by atoms with Gasteiger partial charge in [-0.05, 0) is 47.1 Å². The number of carbonyl (C=O) groups is 1.